The molecule has 0 unspecified atom stereocenters. The van der Waals surface area contributed by atoms with Crippen LogP contribution in [-0.4, -0.2) is 29.1 Å². The highest BCUT2D eigenvalue weighted by atomic mass is 35.5. The van der Waals surface area contributed by atoms with Crippen molar-refractivity contribution < 1.29 is 14.3 Å². The molecule has 1 aromatic heterocycles. The highest BCUT2D eigenvalue weighted by molar-refractivity contribution is 7.10. The van der Waals surface area contributed by atoms with Gasteiger partial charge in [-0.3, -0.25) is 9.69 Å². The van der Waals surface area contributed by atoms with Crippen LogP contribution < -0.4 is 0 Å². The quantitative estimate of drug-likeness (QED) is 0.925. The van der Waals surface area contributed by atoms with Crippen LogP contribution in [0.2, 0.25) is 0 Å². The van der Waals surface area contributed by atoms with Crippen LogP contribution in [0.15, 0.2) is 12.1 Å². The van der Waals surface area contributed by atoms with Gasteiger partial charge in [-0.05, 0) is 38.1 Å². The van der Waals surface area contributed by atoms with Crippen LogP contribution in [0, 0.1) is 11.0 Å². The van der Waals surface area contributed by atoms with Gasteiger partial charge in [-0.15, -0.1) is 23.7 Å². The molecule has 0 spiro atoms. The Kier molecular flexibility index (Phi) is 5.36. The Labute approximate surface area is 110 Å². The van der Waals surface area contributed by atoms with Crippen molar-refractivity contribution in [3.8, 4) is 0 Å². The molecule has 1 fully saturated rings. The lowest BCUT2D eigenvalue weighted by Gasteiger charge is -2.29. The van der Waals surface area contributed by atoms with Crippen LogP contribution in [0.5, 0.6) is 0 Å². The van der Waals surface area contributed by atoms with Gasteiger partial charge in [0, 0.05) is 11.4 Å². The Balaban J connectivity index is 0.00000144. The maximum absolute atomic E-state index is 12.8. The molecule has 17 heavy (non-hydrogen) atoms. The summed E-state index contributed by atoms with van der Waals surface area (Å²) >= 11 is 1.16. The number of aliphatic carboxylic acids is 1. The Morgan fingerprint density at radius 1 is 1.47 bits per heavy atom. The van der Waals surface area contributed by atoms with E-state index >= 15 is 0 Å². The van der Waals surface area contributed by atoms with Gasteiger partial charge in [-0.1, -0.05) is 0 Å². The van der Waals surface area contributed by atoms with Crippen LogP contribution in [-0.2, 0) is 11.3 Å². The van der Waals surface area contributed by atoms with Gasteiger partial charge in [0.1, 0.15) is 0 Å². The molecule has 1 aromatic rings. The van der Waals surface area contributed by atoms with Gasteiger partial charge in [0.25, 0.3) is 0 Å². The van der Waals surface area contributed by atoms with Crippen molar-refractivity contribution in [3.63, 3.8) is 0 Å². The average molecular weight is 280 g/mol. The standard InChI is InChI=1S/C11H14FNO2S.ClH/c12-10-2-1-9(16-10)7-13-5-3-8(4-6-13)11(14)15;/h1-2,8H,3-7H2,(H,14,15);1H. The number of carbonyl (C=O) groups is 1. The second-order valence-electron chi connectivity index (χ2n) is 4.09. The molecule has 1 N–H and O–H groups in total. The Bertz CT molecular complexity index is 377. The van der Waals surface area contributed by atoms with Gasteiger partial charge in [-0.2, -0.15) is 4.39 Å². The first kappa shape index (κ1) is 14.4. The van der Waals surface area contributed by atoms with Gasteiger partial charge in [0.2, 0.25) is 0 Å². The zero-order valence-electron chi connectivity index (χ0n) is 9.26. The summed E-state index contributed by atoms with van der Waals surface area (Å²) in [6, 6.07) is 3.27. The minimum Gasteiger partial charge on any atom is -0.481 e. The molecule has 1 aliphatic heterocycles. The minimum atomic E-state index is -0.693. The van der Waals surface area contributed by atoms with Crippen molar-refractivity contribution in [3.05, 3.63) is 22.1 Å². The number of rotatable bonds is 3. The van der Waals surface area contributed by atoms with E-state index in [1.54, 1.807) is 6.07 Å². The lowest BCUT2D eigenvalue weighted by molar-refractivity contribution is -0.143. The fourth-order valence-electron chi connectivity index (χ4n) is 2.00. The molecule has 0 atom stereocenters. The number of hydrogen-bond acceptors (Lipinski definition) is 3. The van der Waals surface area contributed by atoms with Crippen molar-refractivity contribution >= 4 is 29.7 Å². The first-order valence-electron chi connectivity index (χ1n) is 5.34. The van der Waals surface area contributed by atoms with E-state index in [4.69, 9.17) is 5.11 Å². The third kappa shape index (κ3) is 3.94. The van der Waals surface area contributed by atoms with E-state index in [-0.39, 0.29) is 23.5 Å². The maximum atomic E-state index is 12.8. The molecule has 1 aliphatic rings. The zero-order chi connectivity index (χ0) is 11.5. The number of carboxylic acid groups (broad SMARTS) is 1. The number of hydrogen-bond donors (Lipinski definition) is 1. The first-order chi connectivity index (χ1) is 7.65. The van der Waals surface area contributed by atoms with Crippen molar-refractivity contribution in [1.29, 1.82) is 0 Å². The summed E-state index contributed by atoms with van der Waals surface area (Å²) in [4.78, 5) is 13.9. The van der Waals surface area contributed by atoms with Crippen molar-refractivity contribution in [2.24, 2.45) is 5.92 Å². The van der Waals surface area contributed by atoms with E-state index in [9.17, 15) is 9.18 Å². The number of thiophene rings is 1. The molecular formula is C11H15ClFNO2S. The lowest BCUT2D eigenvalue weighted by atomic mass is 9.97. The Morgan fingerprint density at radius 3 is 2.59 bits per heavy atom. The summed E-state index contributed by atoms with van der Waals surface area (Å²) < 4.78 is 12.8. The third-order valence-corrected chi connectivity index (χ3v) is 3.80. The van der Waals surface area contributed by atoms with E-state index in [1.807, 2.05) is 0 Å². The Hall–Kier alpha value is -0.650. The molecule has 6 heteroatoms. The van der Waals surface area contributed by atoms with Gasteiger partial charge in [0.05, 0.1) is 5.92 Å². The second-order valence-corrected chi connectivity index (χ2v) is 5.21. The van der Waals surface area contributed by atoms with Crippen LogP contribution in [0.3, 0.4) is 0 Å². The monoisotopic (exact) mass is 279 g/mol. The predicted molar refractivity (Wildman–Crippen MR) is 67.2 cm³/mol. The summed E-state index contributed by atoms with van der Waals surface area (Å²) in [5.74, 6) is -0.891. The average Bonchev–Trinajstić information content (AvgIpc) is 2.65. The van der Waals surface area contributed by atoms with Crippen LogP contribution in [0.4, 0.5) is 4.39 Å². The lowest BCUT2D eigenvalue weighted by Crippen LogP contribution is -2.35. The molecule has 0 radical (unpaired) electrons. The fraction of sp³-hybridized carbons (Fsp3) is 0.545. The number of piperidine rings is 1. The van der Waals surface area contributed by atoms with Crippen molar-refractivity contribution in [1.82, 2.24) is 4.90 Å². The van der Waals surface area contributed by atoms with Crippen molar-refractivity contribution in [2.45, 2.75) is 19.4 Å². The molecule has 0 amide bonds. The molecule has 0 aromatic carbocycles. The highest BCUT2D eigenvalue weighted by Crippen LogP contribution is 2.21. The molecule has 0 aliphatic carbocycles. The molecule has 3 nitrogen and oxygen atoms in total. The summed E-state index contributed by atoms with van der Waals surface area (Å²) in [5.41, 5.74) is 0. The van der Waals surface area contributed by atoms with Gasteiger partial charge in [0.15, 0.2) is 5.13 Å². The van der Waals surface area contributed by atoms with Gasteiger partial charge >= 0.3 is 5.97 Å². The van der Waals surface area contributed by atoms with E-state index in [1.165, 1.54) is 6.07 Å². The first-order valence-corrected chi connectivity index (χ1v) is 6.16. The van der Waals surface area contributed by atoms with E-state index in [2.05, 4.69) is 4.90 Å². The molecule has 1 saturated heterocycles. The van der Waals surface area contributed by atoms with E-state index < -0.39 is 5.97 Å². The fourth-order valence-corrected chi connectivity index (χ4v) is 2.76. The molecular weight excluding hydrogens is 265 g/mol. The Morgan fingerprint density at radius 2 is 2.12 bits per heavy atom. The van der Waals surface area contributed by atoms with Crippen LogP contribution in [0.25, 0.3) is 0 Å². The number of halogens is 2. The number of likely N-dealkylation sites (tertiary alicyclic amines) is 1. The predicted octanol–water partition coefficient (Wildman–Crippen LogP) is 2.61. The normalized spacial score (nSPS) is 17.7. The summed E-state index contributed by atoms with van der Waals surface area (Å²) in [6.45, 7) is 2.31. The molecule has 0 bridgehead atoms. The van der Waals surface area contributed by atoms with Crippen LogP contribution in [0.1, 0.15) is 17.7 Å². The summed E-state index contributed by atoms with van der Waals surface area (Å²) in [7, 11) is 0. The highest BCUT2D eigenvalue weighted by Gasteiger charge is 2.24. The topological polar surface area (TPSA) is 40.5 Å². The molecule has 2 heterocycles. The SMILES string of the molecule is Cl.O=C(O)C1CCN(Cc2ccc(F)s2)CC1. The van der Waals surface area contributed by atoms with Gasteiger partial charge < -0.3 is 5.11 Å². The molecule has 0 saturated carbocycles. The smallest absolute Gasteiger partial charge is 0.306 e. The largest absolute Gasteiger partial charge is 0.481 e. The minimum absolute atomic E-state index is 0. The van der Waals surface area contributed by atoms with E-state index in [0.29, 0.717) is 12.8 Å². The van der Waals surface area contributed by atoms with Crippen LogP contribution >= 0.6 is 23.7 Å². The summed E-state index contributed by atoms with van der Waals surface area (Å²) in [6.07, 6.45) is 1.40. The van der Waals surface area contributed by atoms with Crippen molar-refractivity contribution in [2.75, 3.05) is 13.1 Å². The van der Waals surface area contributed by atoms with Gasteiger partial charge in [-0.25, -0.2) is 0 Å². The summed E-state index contributed by atoms with van der Waals surface area (Å²) in [5, 5.41) is 8.69. The maximum Gasteiger partial charge on any atom is 0.306 e. The third-order valence-electron chi connectivity index (χ3n) is 2.95. The molecule has 2 rings (SSSR count). The number of carboxylic acids is 1. The zero-order valence-corrected chi connectivity index (χ0v) is 10.9. The molecule has 96 valence electrons. The number of nitrogens with zero attached hydrogens (tertiary/aromatic N) is 1. The van der Waals surface area contributed by atoms with E-state index in [0.717, 1.165) is 35.8 Å². The second kappa shape index (κ2) is 6.33.